The number of aliphatic carboxylic acids is 1. The summed E-state index contributed by atoms with van der Waals surface area (Å²) >= 11 is 0. The highest BCUT2D eigenvalue weighted by Gasteiger charge is 2.72. The zero-order chi connectivity index (χ0) is 73.6. The molecule has 0 spiro atoms. The van der Waals surface area contributed by atoms with Crippen LogP contribution in [0, 0.1) is 50.2 Å². The van der Waals surface area contributed by atoms with Gasteiger partial charge in [-0.1, -0.05) is 46.3 Å². The lowest BCUT2D eigenvalue weighted by Crippen LogP contribution is -2.67. The number of carboxylic acids is 1. The normalized spacial score (nSPS) is 50.0. The molecule has 10 rings (SSSR count). The molecule has 0 bridgehead atoms. The summed E-state index contributed by atoms with van der Waals surface area (Å²) in [5.74, 6) is -5.49. The Morgan fingerprint density at radius 3 is 1.57 bits per heavy atom. The van der Waals surface area contributed by atoms with E-state index in [1.165, 1.54) is 0 Å². The van der Waals surface area contributed by atoms with Crippen LogP contribution in [-0.4, -0.2) is 319 Å². The zero-order valence-electron chi connectivity index (χ0n) is 57.0. The summed E-state index contributed by atoms with van der Waals surface area (Å²) in [7, 11) is 0. The monoisotopic (exact) mass is 1440 g/mol. The fraction of sp³-hybridized carbons (Fsp3) is 0.909. The second-order valence-electron chi connectivity index (χ2n) is 31.6. The second kappa shape index (κ2) is 29.7. The van der Waals surface area contributed by atoms with Crippen LogP contribution in [0.1, 0.15) is 126 Å². The summed E-state index contributed by atoms with van der Waals surface area (Å²) < 4.78 is 64.5. The molecule has 4 saturated carbocycles. The third-order valence-electron chi connectivity index (χ3n) is 24.9. The van der Waals surface area contributed by atoms with Gasteiger partial charge in [-0.2, -0.15) is 0 Å². The molecular weight excluding hydrogens is 1340 g/mol. The van der Waals surface area contributed by atoms with E-state index < -0.39 is 274 Å². The largest absolute Gasteiger partial charge is 0.481 e. The van der Waals surface area contributed by atoms with E-state index in [0.717, 1.165) is 12.5 Å². The predicted molar refractivity (Wildman–Crippen MR) is 328 cm³/mol. The van der Waals surface area contributed by atoms with Crippen molar-refractivity contribution >= 4 is 23.9 Å². The Morgan fingerprint density at radius 1 is 0.510 bits per heavy atom. The maximum atomic E-state index is 15.8. The fourth-order valence-electron chi connectivity index (χ4n) is 18.6. The zero-order valence-corrected chi connectivity index (χ0v) is 57.0. The first-order chi connectivity index (χ1) is 46.7. The number of aliphatic hydroxyl groups excluding tert-OH is 17. The number of esters is 3. The number of fused-ring (bicyclic) bond motifs is 7. The number of aliphatic hydroxyl groups is 18. The molecule has 0 aromatic carbocycles. The Labute approximate surface area is 576 Å². The van der Waals surface area contributed by atoms with Crippen LogP contribution < -0.4 is 0 Å². The molecule has 572 valence electrons. The van der Waals surface area contributed by atoms with Gasteiger partial charge in [0.05, 0.1) is 61.8 Å². The van der Waals surface area contributed by atoms with Crippen LogP contribution in [0.25, 0.3) is 0 Å². The van der Waals surface area contributed by atoms with Gasteiger partial charge in [0.25, 0.3) is 0 Å². The van der Waals surface area contributed by atoms with Gasteiger partial charge in [-0.05, 0) is 117 Å². The van der Waals surface area contributed by atoms with Crippen LogP contribution in [0.3, 0.4) is 0 Å². The summed E-state index contributed by atoms with van der Waals surface area (Å²) in [4.78, 5) is 54.8. The molecule has 0 aromatic rings. The second-order valence-corrected chi connectivity index (χ2v) is 31.6. The van der Waals surface area contributed by atoms with Gasteiger partial charge in [0.2, 0.25) is 12.6 Å². The van der Waals surface area contributed by atoms with Gasteiger partial charge in [0.15, 0.2) is 18.9 Å². The number of carbonyl (C=O) groups excluding carboxylic acids is 3. The molecule has 100 heavy (non-hydrogen) atoms. The van der Waals surface area contributed by atoms with E-state index in [1.54, 1.807) is 6.92 Å². The van der Waals surface area contributed by atoms with Crippen LogP contribution in [0.5, 0.6) is 0 Å². The van der Waals surface area contributed by atoms with Gasteiger partial charge in [-0.3, -0.25) is 19.2 Å². The summed E-state index contributed by atoms with van der Waals surface area (Å²) in [6, 6.07) is 0. The van der Waals surface area contributed by atoms with Crippen LogP contribution in [0.4, 0.5) is 0 Å². The summed E-state index contributed by atoms with van der Waals surface area (Å²) in [6.07, 6.45) is -45.1. The van der Waals surface area contributed by atoms with Gasteiger partial charge in [0, 0.05) is 0 Å². The third kappa shape index (κ3) is 14.2. The highest BCUT2D eigenvalue weighted by Crippen LogP contribution is 2.76. The maximum Gasteiger partial charge on any atom is 0.317 e. The van der Waals surface area contributed by atoms with Crippen molar-refractivity contribution in [3.8, 4) is 0 Å². The van der Waals surface area contributed by atoms with Crippen molar-refractivity contribution in [2.75, 3.05) is 33.0 Å². The van der Waals surface area contributed by atoms with Crippen molar-refractivity contribution in [1.29, 1.82) is 0 Å². The molecule has 35 atom stereocenters. The van der Waals surface area contributed by atoms with E-state index in [0.29, 0.717) is 44.9 Å². The van der Waals surface area contributed by atoms with E-state index in [2.05, 4.69) is 40.7 Å². The average Bonchev–Trinajstić information content (AvgIpc) is 0.674. The fourth-order valence-corrected chi connectivity index (χ4v) is 18.6. The molecule has 19 N–H and O–H groups in total. The Morgan fingerprint density at radius 2 is 1.00 bits per heavy atom. The molecule has 9 fully saturated rings. The first-order valence-corrected chi connectivity index (χ1v) is 34.5. The number of hydrogen-bond acceptors (Lipinski definition) is 33. The lowest BCUT2D eigenvalue weighted by atomic mass is 9.33. The Kier molecular flexibility index (Phi) is 23.5. The number of rotatable bonds is 20. The average molecular weight is 1440 g/mol. The number of carboxylic acid groups (broad SMARTS) is 1. The first kappa shape index (κ1) is 79.2. The summed E-state index contributed by atoms with van der Waals surface area (Å²) in [5.41, 5.74) is -6.12. The molecule has 10 aliphatic rings. The van der Waals surface area contributed by atoms with Crippen molar-refractivity contribution in [2.45, 2.75) is 291 Å². The smallest absolute Gasteiger partial charge is 0.317 e. The third-order valence-corrected chi connectivity index (χ3v) is 24.9. The van der Waals surface area contributed by atoms with E-state index in [-0.39, 0.29) is 30.6 Å². The summed E-state index contributed by atoms with van der Waals surface area (Å²) in [5, 5.41) is 206. The number of hydrogen-bond donors (Lipinski definition) is 19. The number of carbonyl (C=O) groups is 4. The lowest BCUT2D eigenvalue weighted by Gasteiger charge is -2.71. The topological polar surface area (TPSA) is 554 Å². The lowest BCUT2D eigenvalue weighted by molar-refractivity contribution is -0.377. The molecule has 34 heteroatoms. The van der Waals surface area contributed by atoms with Gasteiger partial charge in [0.1, 0.15) is 129 Å². The van der Waals surface area contributed by atoms with Crippen molar-refractivity contribution in [2.24, 2.45) is 50.2 Å². The van der Waals surface area contributed by atoms with Crippen LogP contribution in [0.2, 0.25) is 0 Å². The molecule has 0 aromatic heterocycles. The van der Waals surface area contributed by atoms with E-state index in [1.807, 2.05) is 0 Å². The Hall–Kier alpha value is -3.42. The molecule has 34 nitrogen and oxygen atoms in total. The highest BCUT2D eigenvalue weighted by molar-refractivity contribution is 5.80. The molecule has 5 heterocycles. The maximum absolute atomic E-state index is 15.8. The van der Waals surface area contributed by atoms with Crippen LogP contribution in [0.15, 0.2) is 11.6 Å². The van der Waals surface area contributed by atoms with Gasteiger partial charge in [-0.15, -0.1) is 0 Å². The van der Waals surface area contributed by atoms with Crippen molar-refractivity contribution in [3.05, 3.63) is 11.6 Å². The highest BCUT2D eigenvalue weighted by atomic mass is 16.8. The van der Waals surface area contributed by atoms with Gasteiger partial charge in [-0.25, -0.2) is 0 Å². The Balaban J connectivity index is 0.937. The predicted octanol–water partition coefficient (Wildman–Crippen LogP) is -5.55. The van der Waals surface area contributed by atoms with Gasteiger partial charge < -0.3 is 149 Å². The SMILES string of the molecule is CC1(C)CC[C@]2(C(=O)O[C@@H]3O[C@H](CO[C@@H]4O[C@H](COC(=O)C[C@@](C)(O)CC(=O)O)[C@@H](O)[C@H](O)[C@H]4O[C@@H]4O[C@H](CO)[C@@H](O)[C@H](O)[C@H]4O)[C@@H](O)[C@H](O[C@@H]4O[C@H](CO)[C@@H](O)[C@H](O)[C@H]4O)C3O)CC[C@]3(C)C(=CC[C@@H]4[C@@]5(C)CC[C@H](O)[C@@](C)(C(=O)O[C@@H]6O[C@H](CO)[C@@H](O)[C@H](O)[C@H]6O)[C@@H]5CC[C@]43C)[C@@H]2C1. The van der Waals surface area contributed by atoms with Crippen molar-refractivity contribution in [1.82, 2.24) is 0 Å². The molecule has 0 radical (unpaired) electrons. The van der Waals surface area contributed by atoms with Crippen molar-refractivity contribution in [3.63, 3.8) is 0 Å². The van der Waals surface area contributed by atoms with E-state index in [9.17, 15) is 111 Å². The van der Waals surface area contributed by atoms with E-state index >= 15 is 4.79 Å². The molecule has 0 amide bonds. The molecule has 5 aliphatic heterocycles. The van der Waals surface area contributed by atoms with Gasteiger partial charge >= 0.3 is 23.9 Å². The van der Waals surface area contributed by atoms with Crippen LogP contribution in [-0.2, 0) is 71.3 Å². The standard InChI is InChI=1S/C66H104O34/c1-60(2)14-16-66(17-15-63(5)26(27(66)18-60)8-9-33-62(4)12-11-35(70)65(7,34(62)10-13-64(33,63)6)58(87)99-55-49(85)45(81)40(76)30(23-69)94-55)59(88)100-56-50(86)51(97-53-47(83)43(79)38(74)28(21-67)92-53)42(78)32(95-56)25-91-57-52(98-54-48(84)44(80)39(75)29(22-68)93-54)46(82)41(77)31(96-57)24-90-37(73)20-61(3,89)19-36(71)72/h8,27-35,38-57,67-70,74-86,89H,9-25H2,1-7H3,(H,71,72)/t27-,28+,29+,30+,31+,32+,33+,34+,35-,38+,39+,40+,41+,42+,43-,44-,45-,46-,47+,48+,49+,50?,51-,52+,53-,54-,55-,56-,57+,61-,62+,63+,64+,65-,66-/m0/s1. The minimum absolute atomic E-state index is 0.127. The van der Waals surface area contributed by atoms with Crippen molar-refractivity contribution < 1.29 is 168 Å². The minimum Gasteiger partial charge on any atom is -0.481 e. The molecule has 1 unspecified atom stereocenters. The van der Waals surface area contributed by atoms with Crippen LogP contribution >= 0.6 is 0 Å². The number of allylic oxidation sites excluding steroid dienone is 2. The quantitative estimate of drug-likeness (QED) is 0.0307. The molecular formula is C66H104O34. The van der Waals surface area contributed by atoms with E-state index in [4.69, 9.17) is 52.1 Å². The first-order valence-electron chi connectivity index (χ1n) is 34.5. The summed E-state index contributed by atoms with van der Waals surface area (Å²) in [6.45, 7) is 8.89. The number of ether oxygens (including phenoxy) is 11. The molecule has 5 aliphatic carbocycles. The Bertz CT molecular complexity index is 2920. The molecule has 5 saturated heterocycles. The minimum atomic E-state index is -2.20.